The maximum Gasteiger partial charge on any atom is 0.407 e. The fourth-order valence-electron chi connectivity index (χ4n) is 2.66. The molecule has 178 valence electrons. The number of rotatable bonds is 9. The zero-order valence-electron chi connectivity index (χ0n) is 20.7. The molecular weight excluding hydrogens is 420 g/mol. The summed E-state index contributed by atoms with van der Waals surface area (Å²) in [7, 11) is 1.67. The lowest BCUT2D eigenvalue weighted by Crippen LogP contribution is -2.34. The molecule has 0 aromatic heterocycles. The number of aryl methyl sites for hydroxylation is 1. The Labute approximate surface area is 199 Å². The lowest BCUT2D eigenvalue weighted by molar-refractivity contribution is 0.0526. The van der Waals surface area contributed by atoms with Gasteiger partial charge >= 0.3 is 6.09 Å². The van der Waals surface area contributed by atoms with E-state index >= 15 is 0 Å². The molecule has 1 amide bonds. The van der Waals surface area contributed by atoms with E-state index in [-0.39, 0.29) is 6.09 Å². The second kappa shape index (κ2) is 14.8. The van der Waals surface area contributed by atoms with Crippen LogP contribution < -0.4 is 10.1 Å². The number of carbonyl (C=O) groups excluding carboxylic acids is 1. The third kappa shape index (κ3) is 14.0. The summed E-state index contributed by atoms with van der Waals surface area (Å²) in [6, 6.07) is 18.3. The van der Waals surface area contributed by atoms with Gasteiger partial charge in [-0.3, -0.25) is 0 Å². The van der Waals surface area contributed by atoms with Crippen molar-refractivity contribution in [3.05, 3.63) is 60.2 Å². The van der Waals surface area contributed by atoms with Crippen LogP contribution in [0.2, 0.25) is 0 Å². The van der Waals surface area contributed by atoms with Gasteiger partial charge in [-0.25, -0.2) is 9.10 Å². The molecule has 0 spiro atoms. The van der Waals surface area contributed by atoms with Gasteiger partial charge in [-0.1, -0.05) is 49.7 Å². The van der Waals surface area contributed by atoms with E-state index in [9.17, 15) is 4.79 Å². The summed E-state index contributed by atoms with van der Waals surface area (Å²) in [4.78, 5) is 12.9. The fourth-order valence-corrected chi connectivity index (χ4v) is 3.81. The van der Waals surface area contributed by atoms with Crippen LogP contribution in [0.25, 0.3) is 0 Å². The van der Waals surface area contributed by atoms with Crippen molar-refractivity contribution in [2.75, 3.05) is 26.7 Å². The molecule has 0 atom stereocenters. The highest BCUT2D eigenvalue weighted by Gasteiger charge is 2.16. The number of methoxy groups -OCH3 is 1. The molecule has 1 N–H and O–H groups in total. The molecule has 0 saturated heterocycles. The number of ether oxygens (including phenoxy) is 2. The highest BCUT2D eigenvalue weighted by molar-refractivity contribution is 7.97. The van der Waals surface area contributed by atoms with Crippen LogP contribution in [-0.4, -0.2) is 42.7 Å². The van der Waals surface area contributed by atoms with Crippen molar-refractivity contribution in [2.45, 2.75) is 58.5 Å². The van der Waals surface area contributed by atoms with Gasteiger partial charge < -0.3 is 14.8 Å². The molecule has 0 bridgehead atoms. The molecule has 5 nitrogen and oxygen atoms in total. The summed E-state index contributed by atoms with van der Waals surface area (Å²) in [5.41, 5.74) is 0.861. The molecule has 0 unspecified atom stereocenters. The minimum Gasteiger partial charge on any atom is -0.497 e. The van der Waals surface area contributed by atoms with Gasteiger partial charge in [0, 0.05) is 24.5 Å². The molecule has 0 heterocycles. The lowest BCUT2D eigenvalue weighted by Gasteiger charge is -2.23. The molecule has 0 aliphatic heterocycles. The van der Waals surface area contributed by atoms with Gasteiger partial charge in [-0.2, -0.15) is 0 Å². The van der Waals surface area contributed by atoms with E-state index in [0.29, 0.717) is 12.5 Å². The smallest absolute Gasteiger partial charge is 0.407 e. The molecule has 2 aromatic carbocycles. The Kier molecular flexibility index (Phi) is 12.9. The van der Waals surface area contributed by atoms with Crippen molar-refractivity contribution in [1.29, 1.82) is 0 Å². The number of hydrogen-bond donors (Lipinski definition) is 1. The summed E-state index contributed by atoms with van der Waals surface area (Å²) >= 11 is 1.74. The number of hydrogen-bond acceptors (Lipinski definition) is 5. The second-order valence-electron chi connectivity index (χ2n) is 8.99. The highest BCUT2D eigenvalue weighted by atomic mass is 32.2. The summed E-state index contributed by atoms with van der Waals surface area (Å²) in [6.07, 6.45) is 0.514. The molecule has 6 heteroatoms. The second-order valence-corrected chi connectivity index (χ2v) is 10.2. The normalized spacial score (nSPS) is 11.0. The topological polar surface area (TPSA) is 50.8 Å². The Morgan fingerprint density at radius 2 is 1.69 bits per heavy atom. The third-order valence-electron chi connectivity index (χ3n) is 4.06. The molecule has 2 rings (SSSR count). The first-order valence-corrected chi connectivity index (χ1v) is 11.9. The maximum absolute atomic E-state index is 11.7. The van der Waals surface area contributed by atoms with Crippen molar-refractivity contribution in [3.8, 4) is 5.75 Å². The van der Waals surface area contributed by atoms with Crippen LogP contribution in [0.15, 0.2) is 59.5 Å². The van der Waals surface area contributed by atoms with Gasteiger partial charge in [0.1, 0.15) is 11.4 Å². The van der Waals surface area contributed by atoms with Crippen LogP contribution in [0, 0.1) is 12.8 Å². The van der Waals surface area contributed by atoms with E-state index in [4.69, 9.17) is 9.47 Å². The average Bonchev–Trinajstić information content (AvgIpc) is 2.71. The van der Waals surface area contributed by atoms with Gasteiger partial charge in [0.25, 0.3) is 0 Å². The van der Waals surface area contributed by atoms with E-state index < -0.39 is 5.60 Å². The Morgan fingerprint density at radius 3 is 2.16 bits per heavy atom. The quantitative estimate of drug-likeness (QED) is 0.339. The molecule has 32 heavy (non-hydrogen) atoms. The molecule has 0 radical (unpaired) electrons. The van der Waals surface area contributed by atoms with Gasteiger partial charge in [0.15, 0.2) is 0 Å². The molecule has 0 fully saturated rings. The first-order chi connectivity index (χ1) is 15.1. The van der Waals surface area contributed by atoms with Gasteiger partial charge in [0.2, 0.25) is 0 Å². The van der Waals surface area contributed by atoms with E-state index in [0.717, 1.165) is 25.3 Å². The van der Waals surface area contributed by atoms with Crippen molar-refractivity contribution in [1.82, 2.24) is 9.62 Å². The predicted molar refractivity (Wildman–Crippen MR) is 135 cm³/mol. The summed E-state index contributed by atoms with van der Waals surface area (Å²) in [5, 5.41) is 2.81. The predicted octanol–water partition coefficient (Wildman–Crippen LogP) is 6.57. The van der Waals surface area contributed by atoms with Crippen molar-refractivity contribution in [2.24, 2.45) is 5.92 Å². The first-order valence-electron chi connectivity index (χ1n) is 11.1. The summed E-state index contributed by atoms with van der Waals surface area (Å²) in [5.74, 6) is 1.44. The SMILES string of the molecule is COc1ccc(SN(CCCNC(=O)OC(C)(C)C)CC(C)C)cc1.Cc1ccccc1. The first kappa shape index (κ1) is 27.9. The Morgan fingerprint density at radius 1 is 1.06 bits per heavy atom. The number of benzene rings is 2. The van der Waals surface area contributed by atoms with Crippen molar-refractivity contribution >= 4 is 18.0 Å². The van der Waals surface area contributed by atoms with Crippen LogP contribution in [0.5, 0.6) is 5.75 Å². The summed E-state index contributed by atoms with van der Waals surface area (Å²) in [6.45, 7) is 14.6. The van der Waals surface area contributed by atoms with Gasteiger partial charge in [0.05, 0.1) is 7.11 Å². The number of amides is 1. The van der Waals surface area contributed by atoms with Crippen molar-refractivity contribution in [3.63, 3.8) is 0 Å². The average molecular weight is 461 g/mol. The van der Waals surface area contributed by atoms with E-state index in [1.54, 1.807) is 19.1 Å². The molecule has 0 aliphatic rings. The lowest BCUT2D eigenvalue weighted by atomic mass is 10.2. The fraction of sp³-hybridized carbons (Fsp3) is 0.500. The maximum atomic E-state index is 11.7. The van der Waals surface area contributed by atoms with E-state index in [2.05, 4.69) is 54.7 Å². The van der Waals surface area contributed by atoms with Crippen molar-refractivity contribution < 1.29 is 14.3 Å². The van der Waals surface area contributed by atoms with Gasteiger partial charge in [-0.15, -0.1) is 0 Å². The van der Waals surface area contributed by atoms with Gasteiger partial charge in [-0.05, 0) is 76.2 Å². The monoisotopic (exact) mass is 460 g/mol. The van der Waals surface area contributed by atoms with Crippen LogP contribution in [0.4, 0.5) is 4.79 Å². The van der Waals surface area contributed by atoms with Crippen LogP contribution in [-0.2, 0) is 4.74 Å². The largest absolute Gasteiger partial charge is 0.497 e. The Hall–Kier alpha value is -2.18. The number of nitrogens with one attached hydrogen (secondary N) is 1. The molecule has 0 saturated carbocycles. The minimum absolute atomic E-state index is 0.356. The molecular formula is C26H40N2O3S. The number of nitrogens with zero attached hydrogens (tertiary/aromatic N) is 1. The molecule has 0 aliphatic carbocycles. The van der Waals surface area contributed by atoms with Crippen LogP contribution in [0.1, 0.15) is 46.6 Å². The van der Waals surface area contributed by atoms with Crippen LogP contribution >= 0.6 is 11.9 Å². The Bertz CT molecular complexity index is 759. The Balaban J connectivity index is 0.000000616. The molecule has 2 aromatic rings. The van der Waals surface area contributed by atoms with E-state index in [1.807, 2.05) is 51.1 Å². The standard InChI is InChI=1S/C19H32N2O3S.C7H8/c1-15(2)14-21(25-17-10-8-16(23-6)9-11-17)13-7-12-20-18(22)24-19(3,4)5;1-7-5-3-2-4-6-7/h8-11,15H,7,12-14H2,1-6H3,(H,20,22);2-6H,1H3. The van der Waals surface area contributed by atoms with E-state index in [1.165, 1.54) is 10.5 Å². The number of alkyl carbamates (subject to hydrolysis) is 1. The highest BCUT2D eigenvalue weighted by Crippen LogP contribution is 2.25. The third-order valence-corrected chi connectivity index (χ3v) is 5.13. The van der Waals surface area contributed by atoms with Crippen LogP contribution in [0.3, 0.4) is 0 Å². The zero-order valence-corrected chi connectivity index (χ0v) is 21.5. The summed E-state index contributed by atoms with van der Waals surface area (Å²) < 4.78 is 12.8. The number of carbonyl (C=O) groups is 1. The minimum atomic E-state index is -0.460. The zero-order chi connectivity index (χ0) is 24.0.